The van der Waals surface area contributed by atoms with Crippen molar-refractivity contribution in [2.24, 2.45) is 0 Å². The van der Waals surface area contributed by atoms with Crippen LogP contribution in [0.5, 0.6) is 0 Å². The van der Waals surface area contributed by atoms with Crippen molar-refractivity contribution in [3.63, 3.8) is 0 Å². The van der Waals surface area contributed by atoms with Crippen molar-refractivity contribution >= 4 is 29.0 Å². The summed E-state index contributed by atoms with van der Waals surface area (Å²) in [5.41, 5.74) is 0.900. The van der Waals surface area contributed by atoms with Gasteiger partial charge < -0.3 is 14.6 Å². The second kappa shape index (κ2) is 6.14. The van der Waals surface area contributed by atoms with E-state index in [1.165, 1.54) is 0 Å². The maximum Gasteiger partial charge on any atom is 0.180 e. The summed E-state index contributed by atoms with van der Waals surface area (Å²) >= 11 is 1.88. The molecule has 0 radical (unpaired) electrons. The number of aromatic nitrogens is 3. The van der Waals surface area contributed by atoms with Gasteiger partial charge in [0.15, 0.2) is 11.5 Å². The summed E-state index contributed by atoms with van der Waals surface area (Å²) in [4.78, 5) is 11.3. The van der Waals surface area contributed by atoms with E-state index in [0.29, 0.717) is 6.04 Å². The number of nitrogens with one attached hydrogen (secondary N) is 1. The van der Waals surface area contributed by atoms with E-state index in [-0.39, 0.29) is 0 Å². The number of hydrogen-bond donors (Lipinski definition) is 1. The SMILES string of the molecule is CNc1cn2ccnc2c(N(C)C(C)CCSC)n1. The van der Waals surface area contributed by atoms with Gasteiger partial charge in [-0.2, -0.15) is 11.8 Å². The molecule has 0 aromatic carbocycles. The van der Waals surface area contributed by atoms with Crippen LogP contribution in [0.2, 0.25) is 0 Å². The Morgan fingerprint density at radius 2 is 2.32 bits per heavy atom. The van der Waals surface area contributed by atoms with Gasteiger partial charge in [0.05, 0.1) is 6.20 Å². The Kier molecular flexibility index (Phi) is 4.52. The molecule has 19 heavy (non-hydrogen) atoms. The average molecular weight is 279 g/mol. The second-order valence-corrected chi connectivity index (χ2v) is 5.58. The van der Waals surface area contributed by atoms with E-state index in [1.54, 1.807) is 6.20 Å². The highest BCUT2D eigenvalue weighted by Crippen LogP contribution is 2.22. The summed E-state index contributed by atoms with van der Waals surface area (Å²) < 4.78 is 2.01. The predicted octanol–water partition coefficient (Wildman–Crippen LogP) is 2.35. The number of hydrogen-bond acceptors (Lipinski definition) is 5. The van der Waals surface area contributed by atoms with Crippen LogP contribution in [0.15, 0.2) is 18.6 Å². The second-order valence-electron chi connectivity index (χ2n) is 4.60. The van der Waals surface area contributed by atoms with Crippen LogP contribution in [0.4, 0.5) is 11.6 Å². The van der Waals surface area contributed by atoms with Crippen molar-refractivity contribution in [1.29, 1.82) is 0 Å². The average Bonchev–Trinajstić information content (AvgIpc) is 2.90. The fourth-order valence-electron chi connectivity index (χ4n) is 1.96. The number of fused-ring (bicyclic) bond motifs is 1. The number of nitrogens with zero attached hydrogens (tertiary/aromatic N) is 4. The molecule has 1 N–H and O–H groups in total. The summed E-state index contributed by atoms with van der Waals surface area (Å²) in [5, 5.41) is 3.10. The van der Waals surface area contributed by atoms with Crippen molar-refractivity contribution in [3.8, 4) is 0 Å². The summed E-state index contributed by atoms with van der Waals surface area (Å²) in [6, 6.07) is 0.438. The molecule has 0 aliphatic heterocycles. The van der Waals surface area contributed by atoms with Gasteiger partial charge in [-0.25, -0.2) is 9.97 Å². The minimum absolute atomic E-state index is 0.438. The highest BCUT2D eigenvalue weighted by atomic mass is 32.2. The molecule has 1 atom stereocenters. The molecule has 0 amide bonds. The van der Waals surface area contributed by atoms with Crippen LogP contribution in [0.25, 0.3) is 5.65 Å². The topological polar surface area (TPSA) is 45.5 Å². The minimum atomic E-state index is 0.438. The van der Waals surface area contributed by atoms with Crippen LogP contribution < -0.4 is 10.2 Å². The summed E-state index contributed by atoms with van der Waals surface area (Å²) in [7, 11) is 3.97. The largest absolute Gasteiger partial charge is 0.372 e. The normalized spacial score (nSPS) is 12.6. The first-order valence-electron chi connectivity index (χ1n) is 6.40. The van der Waals surface area contributed by atoms with Gasteiger partial charge in [0.1, 0.15) is 5.82 Å². The molecule has 104 valence electrons. The van der Waals surface area contributed by atoms with Crippen molar-refractivity contribution in [2.75, 3.05) is 36.3 Å². The Balaban J connectivity index is 2.34. The van der Waals surface area contributed by atoms with E-state index >= 15 is 0 Å². The zero-order valence-corrected chi connectivity index (χ0v) is 12.7. The standard InChI is InChI=1S/C13H21N5S/c1-10(5-8-19-4)17(3)13-12-15-6-7-18(12)9-11(14-2)16-13/h6-7,9-10,14H,5,8H2,1-4H3. The lowest BCUT2D eigenvalue weighted by Gasteiger charge is -2.26. The zero-order chi connectivity index (χ0) is 13.8. The van der Waals surface area contributed by atoms with E-state index in [9.17, 15) is 0 Å². The maximum atomic E-state index is 4.65. The molecule has 5 nitrogen and oxygen atoms in total. The predicted molar refractivity (Wildman–Crippen MR) is 83.4 cm³/mol. The Labute approximate surface area is 118 Å². The molecule has 0 bridgehead atoms. The van der Waals surface area contributed by atoms with Crippen molar-refractivity contribution in [2.45, 2.75) is 19.4 Å². The quantitative estimate of drug-likeness (QED) is 0.879. The molecule has 2 rings (SSSR count). The molecule has 0 saturated heterocycles. The third kappa shape index (κ3) is 2.94. The molecule has 6 heteroatoms. The maximum absolute atomic E-state index is 4.65. The first-order valence-corrected chi connectivity index (χ1v) is 7.80. The third-order valence-corrected chi connectivity index (χ3v) is 3.99. The first-order chi connectivity index (χ1) is 9.17. The van der Waals surface area contributed by atoms with Gasteiger partial charge in [-0.15, -0.1) is 0 Å². The number of imidazole rings is 1. The Morgan fingerprint density at radius 3 is 3.00 bits per heavy atom. The van der Waals surface area contributed by atoms with Crippen LogP contribution in [0, 0.1) is 0 Å². The molecule has 2 heterocycles. The van der Waals surface area contributed by atoms with Gasteiger partial charge in [0.2, 0.25) is 0 Å². The van der Waals surface area contributed by atoms with Crippen LogP contribution in [-0.2, 0) is 0 Å². The van der Waals surface area contributed by atoms with Gasteiger partial charge in [-0.1, -0.05) is 0 Å². The molecule has 0 spiro atoms. The molecule has 0 saturated carbocycles. The molecule has 1 unspecified atom stereocenters. The molecular formula is C13H21N5S. The number of anilines is 2. The molecular weight excluding hydrogens is 258 g/mol. The van der Waals surface area contributed by atoms with Gasteiger partial charge in [0, 0.05) is 32.5 Å². The van der Waals surface area contributed by atoms with Crippen LogP contribution in [0.1, 0.15) is 13.3 Å². The van der Waals surface area contributed by atoms with Gasteiger partial charge in [0.25, 0.3) is 0 Å². The molecule has 2 aromatic heterocycles. The Bertz CT molecular complexity index is 539. The Hall–Kier alpha value is -1.43. The van der Waals surface area contributed by atoms with Crippen LogP contribution in [-0.4, -0.2) is 46.5 Å². The zero-order valence-electron chi connectivity index (χ0n) is 11.9. The third-order valence-electron chi connectivity index (χ3n) is 3.35. The fraction of sp³-hybridized carbons (Fsp3) is 0.538. The lowest BCUT2D eigenvalue weighted by atomic mass is 10.2. The van der Waals surface area contributed by atoms with Gasteiger partial charge in [-0.05, 0) is 25.4 Å². The molecule has 0 aliphatic rings. The van der Waals surface area contributed by atoms with Crippen molar-refractivity contribution < 1.29 is 0 Å². The summed E-state index contributed by atoms with van der Waals surface area (Å²) in [6.45, 7) is 2.23. The van der Waals surface area contributed by atoms with E-state index < -0.39 is 0 Å². The minimum Gasteiger partial charge on any atom is -0.372 e. The Morgan fingerprint density at radius 1 is 1.53 bits per heavy atom. The lowest BCUT2D eigenvalue weighted by Crippen LogP contribution is -2.30. The first kappa shape index (κ1) is 14.0. The fourth-order valence-corrected chi connectivity index (χ4v) is 2.54. The van der Waals surface area contributed by atoms with Crippen LogP contribution >= 0.6 is 11.8 Å². The molecule has 0 aliphatic carbocycles. The van der Waals surface area contributed by atoms with E-state index in [4.69, 9.17) is 0 Å². The monoisotopic (exact) mass is 279 g/mol. The smallest absolute Gasteiger partial charge is 0.180 e. The van der Waals surface area contributed by atoms with Crippen molar-refractivity contribution in [3.05, 3.63) is 18.6 Å². The highest BCUT2D eigenvalue weighted by Gasteiger charge is 2.16. The molecule has 2 aromatic rings. The van der Waals surface area contributed by atoms with E-state index in [0.717, 1.165) is 29.5 Å². The summed E-state index contributed by atoms with van der Waals surface area (Å²) in [5.74, 6) is 2.93. The van der Waals surface area contributed by atoms with Crippen molar-refractivity contribution in [1.82, 2.24) is 14.4 Å². The van der Waals surface area contributed by atoms with Gasteiger partial charge >= 0.3 is 0 Å². The van der Waals surface area contributed by atoms with Crippen LogP contribution in [0.3, 0.4) is 0 Å². The number of thioether (sulfide) groups is 1. The lowest BCUT2D eigenvalue weighted by molar-refractivity contribution is 0.662. The van der Waals surface area contributed by atoms with E-state index in [1.807, 2.05) is 35.6 Å². The molecule has 0 fully saturated rings. The highest BCUT2D eigenvalue weighted by molar-refractivity contribution is 7.98. The summed E-state index contributed by atoms with van der Waals surface area (Å²) in [6.07, 6.45) is 8.98. The van der Waals surface area contributed by atoms with Gasteiger partial charge in [-0.3, -0.25) is 0 Å². The van der Waals surface area contributed by atoms with E-state index in [2.05, 4.69) is 40.4 Å². The number of rotatable bonds is 6.